The minimum absolute atomic E-state index is 0.0812. The molecule has 0 aliphatic carbocycles. The Morgan fingerprint density at radius 2 is 1.70 bits per heavy atom. The summed E-state index contributed by atoms with van der Waals surface area (Å²) in [7, 11) is -4.16. The number of sulfonamides is 1. The zero-order chi connectivity index (χ0) is 34.1. The summed E-state index contributed by atoms with van der Waals surface area (Å²) in [5.41, 5.74) is 3.11. The van der Waals surface area contributed by atoms with Crippen LogP contribution in [0.4, 0.5) is 10.8 Å². The van der Waals surface area contributed by atoms with Crippen LogP contribution in [0.1, 0.15) is 37.5 Å². The molecule has 47 heavy (non-hydrogen) atoms. The molecule has 0 saturated heterocycles. The molecule has 3 N–H and O–H groups in total. The quantitative estimate of drug-likeness (QED) is 0.162. The molecule has 2 atom stereocenters. The van der Waals surface area contributed by atoms with E-state index in [1.807, 2.05) is 76.2 Å². The van der Waals surface area contributed by atoms with Crippen LogP contribution in [-0.2, 0) is 26.0 Å². The number of aryl methyl sites for hydroxylation is 2. The molecule has 3 aromatic carbocycles. The van der Waals surface area contributed by atoms with E-state index in [-0.39, 0.29) is 55.1 Å². The number of aliphatic hydroxyl groups is 1. The van der Waals surface area contributed by atoms with E-state index in [1.54, 1.807) is 6.92 Å². The summed E-state index contributed by atoms with van der Waals surface area (Å²) in [6.45, 7) is 8.88. The summed E-state index contributed by atoms with van der Waals surface area (Å²) in [6, 6.07) is 18.2. The molecule has 2 amide bonds. The number of nitrogens with zero attached hydrogens (tertiary/aromatic N) is 2. The maximum Gasteiger partial charge on any atom is 0.415 e. The number of para-hydroxylation sites is 1. The molecule has 13 heteroatoms. The van der Waals surface area contributed by atoms with Crippen molar-refractivity contribution < 1.29 is 37.0 Å². The number of hydrogen-bond acceptors (Lipinski definition) is 9. The molecule has 0 saturated carbocycles. The Morgan fingerprint density at radius 1 is 1.00 bits per heavy atom. The number of carbonyl (C=O) groups is 2. The van der Waals surface area contributed by atoms with E-state index in [0.717, 1.165) is 16.7 Å². The van der Waals surface area contributed by atoms with Crippen molar-refractivity contribution in [1.29, 1.82) is 0 Å². The third-order valence-electron chi connectivity index (χ3n) is 7.31. The average Bonchev–Trinajstić information content (AvgIpc) is 3.42. The molecular formula is C34H42N4O8S. The van der Waals surface area contributed by atoms with E-state index in [9.17, 15) is 23.1 Å². The summed E-state index contributed by atoms with van der Waals surface area (Å²) in [5, 5.41) is 16.8. The van der Waals surface area contributed by atoms with Gasteiger partial charge in [0.15, 0.2) is 12.2 Å². The normalized spacial score (nSPS) is 13.0. The van der Waals surface area contributed by atoms with E-state index < -0.39 is 34.2 Å². The first-order valence-electron chi connectivity index (χ1n) is 15.4. The van der Waals surface area contributed by atoms with Gasteiger partial charge in [0.2, 0.25) is 10.0 Å². The van der Waals surface area contributed by atoms with Gasteiger partial charge in [-0.2, -0.15) is 9.29 Å². The maximum atomic E-state index is 14.0. The summed E-state index contributed by atoms with van der Waals surface area (Å²) in [5.74, 6) is 0.0812. The Bertz CT molecular complexity index is 1760. The van der Waals surface area contributed by atoms with Gasteiger partial charge in [0.25, 0.3) is 5.91 Å². The van der Waals surface area contributed by atoms with Crippen molar-refractivity contribution >= 4 is 39.1 Å². The Kier molecular flexibility index (Phi) is 12.0. The van der Waals surface area contributed by atoms with Crippen molar-refractivity contribution in [3.63, 3.8) is 0 Å². The Hall–Kier alpha value is -4.46. The summed E-state index contributed by atoms with van der Waals surface area (Å²) >= 11 is 0. The molecule has 0 bridgehead atoms. The van der Waals surface area contributed by atoms with Crippen LogP contribution in [0.15, 0.2) is 76.0 Å². The van der Waals surface area contributed by atoms with Gasteiger partial charge < -0.3 is 24.3 Å². The van der Waals surface area contributed by atoms with Crippen LogP contribution in [0.2, 0.25) is 0 Å². The minimum Gasteiger partial charge on any atom is -0.483 e. The van der Waals surface area contributed by atoms with Crippen LogP contribution >= 0.6 is 0 Å². The largest absolute Gasteiger partial charge is 0.483 e. The topological polar surface area (TPSA) is 160 Å². The second-order valence-corrected chi connectivity index (χ2v) is 13.6. The first kappa shape index (κ1) is 35.4. The number of amides is 2. The third-order valence-corrected chi connectivity index (χ3v) is 9.13. The minimum atomic E-state index is -4.16. The van der Waals surface area contributed by atoms with Gasteiger partial charge in [0.1, 0.15) is 11.3 Å². The van der Waals surface area contributed by atoms with Crippen LogP contribution in [0, 0.1) is 19.8 Å². The zero-order valence-electron chi connectivity index (χ0n) is 27.2. The lowest BCUT2D eigenvalue weighted by molar-refractivity contribution is -0.124. The van der Waals surface area contributed by atoms with Gasteiger partial charge in [-0.05, 0) is 61.9 Å². The monoisotopic (exact) mass is 666 g/mol. The van der Waals surface area contributed by atoms with Crippen LogP contribution in [-0.4, -0.2) is 73.3 Å². The molecular weight excluding hydrogens is 624 g/mol. The number of carbonyl (C=O) groups excluding carboxylic acids is 2. The molecule has 4 aromatic rings. The lowest BCUT2D eigenvalue weighted by Gasteiger charge is -2.30. The van der Waals surface area contributed by atoms with Crippen LogP contribution in [0.5, 0.6) is 5.75 Å². The average molecular weight is 667 g/mol. The van der Waals surface area contributed by atoms with E-state index in [0.29, 0.717) is 11.3 Å². The highest BCUT2D eigenvalue weighted by atomic mass is 32.2. The van der Waals surface area contributed by atoms with Crippen LogP contribution in [0.3, 0.4) is 0 Å². The maximum absolute atomic E-state index is 14.0. The fourth-order valence-electron chi connectivity index (χ4n) is 5.10. The fourth-order valence-corrected chi connectivity index (χ4v) is 6.74. The number of benzene rings is 3. The molecule has 12 nitrogen and oxygen atoms in total. The Labute approximate surface area is 275 Å². The number of aliphatic hydroxyl groups excluding tert-OH is 1. The number of fused-ring (bicyclic) bond motifs is 1. The van der Waals surface area contributed by atoms with E-state index in [4.69, 9.17) is 13.9 Å². The molecule has 0 radical (unpaired) electrons. The predicted octanol–water partition coefficient (Wildman–Crippen LogP) is 4.83. The molecule has 1 heterocycles. The van der Waals surface area contributed by atoms with Crippen molar-refractivity contribution in [2.45, 2.75) is 58.1 Å². The highest BCUT2D eigenvalue weighted by Gasteiger charge is 2.32. The van der Waals surface area contributed by atoms with Crippen molar-refractivity contribution in [2.75, 3.05) is 31.6 Å². The van der Waals surface area contributed by atoms with Gasteiger partial charge in [0.05, 0.1) is 23.6 Å². The lowest BCUT2D eigenvalue weighted by atomic mass is 10.0. The molecule has 2 unspecified atom stereocenters. The zero-order valence-corrected chi connectivity index (χ0v) is 28.0. The van der Waals surface area contributed by atoms with Gasteiger partial charge in [-0.3, -0.25) is 4.79 Å². The number of hydrogen-bond donors (Lipinski definition) is 3. The summed E-state index contributed by atoms with van der Waals surface area (Å²) < 4.78 is 45.4. The predicted molar refractivity (Wildman–Crippen MR) is 178 cm³/mol. The Balaban J connectivity index is 1.55. The molecule has 1 aromatic heterocycles. The van der Waals surface area contributed by atoms with Crippen LogP contribution in [0.25, 0.3) is 11.1 Å². The van der Waals surface area contributed by atoms with Crippen molar-refractivity contribution in [3.8, 4) is 5.75 Å². The molecule has 0 spiro atoms. The van der Waals surface area contributed by atoms with Gasteiger partial charge in [0, 0.05) is 19.2 Å². The summed E-state index contributed by atoms with van der Waals surface area (Å²) in [4.78, 5) is 29.0. The van der Waals surface area contributed by atoms with Crippen molar-refractivity contribution in [2.24, 2.45) is 5.92 Å². The van der Waals surface area contributed by atoms with E-state index in [1.165, 1.54) is 22.5 Å². The van der Waals surface area contributed by atoms with Gasteiger partial charge >= 0.3 is 12.1 Å². The number of aromatic nitrogens is 1. The lowest BCUT2D eigenvalue weighted by Crippen LogP contribution is -2.52. The van der Waals surface area contributed by atoms with Gasteiger partial charge in [-0.1, -0.05) is 62.4 Å². The highest BCUT2D eigenvalue weighted by molar-refractivity contribution is 7.89. The van der Waals surface area contributed by atoms with Gasteiger partial charge in [-0.25, -0.2) is 18.5 Å². The first-order chi connectivity index (χ1) is 22.4. The summed E-state index contributed by atoms with van der Waals surface area (Å²) in [6.07, 6.45) is -1.77. The molecule has 0 aliphatic rings. The number of rotatable bonds is 15. The fraction of sp³-hybridized carbons (Fsp3) is 0.382. The number of ether oxygens (including phenoxy) is 2. The number of oxazole rings is 1. The van der Waals surface area contributed by atoms with Gasteiger partial charge in [-0.15, -0.1) is 0 Å². The second-order valence-electron chi connectivity index (χ2n) is 11.7. The highest BCUT2D eigenvalue weighted by Crippen LogP contribution is 2.26. The first-order valence-corrected chi connectivity index (χ1v) is 16.9. The van der Waals surface area contributed by atoms with Crippen molar-refractivity contribution in [3.05, 3.63) is 83.4 Å². The second kappa shape index (κ2) is 15.9. The van der Waals surface area contributed by atoms with Crippen LogP contribution < -0.4 is 15.4 Å². The van der Waals surface area contributed by atoms with Crippen molar-refractivity contribution in [1.82, 2.24) is 14.6 Å². The van der Waals surface area contributed by atoms with E-state index in [2.05, 4.69) is 15.6 Å². The molecule has 0 aliphatic heterocycles. The third kappa shape index (κ3) is 9.53. The SMILES string of the molecule is CCOC(=O)Nc1nc2ccc(S(=O)(=O)N(CC(C)C)CC(O)C(Cc3ccccc3)NC(=O)COc3c(C)cccc3C)cc2o1. The standard InChI is InChI=1S/C34H42N4O8S/c1-6-44-34(41)37-33-36-27-16-15-26(18-30(27)46-33)47(42,43)38(19-22(2)3)20-29(39)28(17-25-13-8-7-9-14-25)35-31(40)21-45-32-23(4)11-10-12-24(32)5/h7-16,18,22,28-29,39H,6,17,19-21H2,1-5H3,(H,35,40)(H,36,37,41). The molecule has 0 fully saturated rings. The van der Waals surface area contributed by atoms with E-state index >= 15 is 0 Å². The Morgan fingerprint density at radius 3 is 2.36 bits per heavy atom. The smallest absolute Gasteiger partial charge is 0.415 e. The molecule has 252 valence electrons. The molecule has 4 rings (SSSR count). The number of anilines is 1. The number of nitrogens with one attached hydrogen (secondary N) is 2.